The smallest absolute Gasteiger partial charge is 0.248 e. The molecule has 0 spiro atoms. The van der Waals surface area contributed by atoms with Crippen LogP contribution in [0.15, 0.2) is 48.5 Å². The van der Waals surface area contributed by atoms with Crippen LogP contribution in [0.3, 0.4) is 0 Å². The van der Waals surface area contributed by atoms with Crippen LogP contribution in [-0.2, 0) is 11.3 Å². The molecule has 1 heterocycles. The first-order valence-corrected chi connectivity index (χ1v) is 7.49. The van der Waals surface area contributed by atoms with Crippen LogP contribution < -0.4 is 10.1 Å². The Hall–Kier alpha value is -2.93. The first-order chi connectivity index (χ1) is 11.6. The van der Waals surface area contributed by atoms with Gasteiger partial charge in [0.1, 0.15) is 12.3 Å². The molecule has 122 valence electrons. The largest absolute Gasteiger partial charge is 0.497 e. The Morgan fingerprint density at radius 1 is 1.17 bits per heavy atom. The highest BCUT2D eigenvalue weighted by Gasteiger charge is 2.09. The van der Waals surface area contributed by atoms with E-state index in [4.69, 9.17) is 16.3 Å². The predicted molar refractivity (Wildman–Crippen MR) is 89.9 cm³/mol. The van der Waals surface area contributed by atoms with Gasteiger partial charge in [-0.2, -0.15) is 4.80 Å². The summed E-state index contributed by atoms with van der Waals surface area (Å²) < 4.78 is 5.07. The van der Waals surface area contributed by atoms with E-state index in [0.717, 1.165) is 11.3 Å². The van der Waals surface area contributed by atoms with E-state index in [9.17, 15) is 4.79 Å². The maximum atomic E-state index is 12.0. The molecular weight excluding hydrogens is 330 g/mol. The SMILES string of the molecule is COc1ccc(NC(=O)Cn2nnc(-c3ccc(Cl)cc3)n2)cc1. The number of hydrogen-bond acceptors (Lipinski definition) is 5. The van der Waals surface area contributed by atoms with Gasteiger partial charge in [-0.25, -0.2) is 0 Å². The van der Waals surface area contributed by atoms with Gasteiger partial charge in [-0.3, -0.25) is 4.79 Å². The fraction of sp³-hybridized carbons (Fsp3) is 0.125. The lowest BCUT2D eigenvalue weighted by molar-refractivity contribution is -0.117. The Morgan fingerprint density at radius 3 is 2.54 bits per heavy atom. The zero-order valence-corrected chi connectivity index (χ0v) is 13.6. The third-order valence-electron chi connectivity index (χ3n) is 3.21. The van der Waals surface area contributed by atoms with Crippen molar-refractivity contribution in [1.82, 2.24) is 20.2 Å². The molecule has 7 nitrogen and oxygen atoms in total. The summed E-state index contributed by atoms with van der Waals surface area (Å²) >= 11 is 5.85. The highest BCUT2D eigenvalue weighted by molar-refractivity contribution is 6.30. The zero-order valence-electron chi connectivity index (χ0n) is 12.8. The van der Waals surface area contributed by atoms with Crippen LogP contribution in [0, 0.1) is 0 Å². The highest BCUT2D eigenvalue weighted by Crippen LogP contribution is 2.17. The van der Waals surface area contributed by atoms with Crippen molar-refractivity contribution in [2.75, 3.05) is 12.4 Å². The van der Waals surface area contributed by atoms with E-state index < -0.39 is 0 Å². The molecule has 0 saturated carbocycles. The third kappa shape index (κ3) is 3.88. The molecule has 0 radical (unpaired) electrons. The lowest BCUT2D eigenvalue weighted by atomic mass is 10.2. The van der Waals surface area contributed by atoms with Gasteiger partial charge >= 0.3 is 0 Å². The van der Waals surface area contributed by atoms with Gasteiger partial charge < -0.3 is 10.1 Å². The quantitative estimate of drug-likeness (QED) is 0.770. The zero-order chi connectivity index (χ0) is 16.9. The van der Waals surface area contributed by atoms with Gasteiger partial charge in [-0.1, -0.05) is 11.6 Å². The van der Waals surface area contributed by atoms with Crippen molar-refractivity contribution < 1.29 is 9.53 Å². The fourth-order valence-corrected chi connectivity index (χ4v) is 2.15. The molecule has 0 aliphatic rings. The maximum Gasteiger partial charge on any atom is 0.248 e. The van der Waals surface area contributed by atoms with Gasteiger partial charge in [-0.15, -0.1) is 10.2 Å². The van der Waals surface area contributed by atoms with Crippen molar-refractivity contribution in [3.8, 4) is 17.1 Å². The Balaban J connectivity index is 1.63. The molecule has 3 aromatic rings. The van der Waals surface area contributed by atoms with E-state index in [0.29, 0.717) is 16.5 Å². The molecule has 0 unspecified atom stereocenters. The van der Waals surface area contributed by atoms with Gasteiger partial charge in [0, 0.05) is 16.3 Å². The lowest BCUT2D eigenvalue weighted by Crippen LogP contribution is -2.20. The molecule has 1 aromatic heterocycles. The molecule has 8 heteroatoms. The molecule has 2 aromatic carbocycles. The minimum atomic E-state index is -0.250. The standard InChI is InChI=1S/C16H14ClN5O2/c1-24-14-8-6-13(7-9-14)18-15(23)10-22-20-16(19-21-22)11-2-4-12(17)5-3-11/h2-9H,10H2,1H3,(H,18,23). The van der Waals surface area contributed by atoms with Crippen molar-refractivity contribution >= 4 is 23.2 Å². The van der Waals surface area contributed by atoms with Crippen molar-refractivity contribution in [2.45, 2.75) is 6.54 Å². The number of ether oxygens (including phenoxy) is 1. The van der Waals surface area contributed by atoms with Crippen LogP contribution in [0.5, 0.6) is 5.75 Å². The van der Waals surface area contributed by atoms with Gasteiger partial charge in [0.05, 0.1) is 7.11 Å². The molecule has 0 bridgehead atoms. The van der Waals surface area contributed by atoms with Crippen LogP contribution in [0.4, 0.5) is 5.69 Å². The summed E-state index contributed by atoms with van der Waals surface area (Å²) in [5.41, 5.74) is 1.44. The number of aromatic nitrogens is 4. The number of hydrogen-bond donors (Lipinski definition) is 1. The van der Waals surface area contributed by atoms with Gasteiger partial charge in [0.25, 0.3) is 0 Å². The predicted octanol–water partition coefficient (Wildman–Crippen LogP) is 2.64. The van der Waals surface area contributed by atoms with Crippen LogP contribution in [0.1, 0.15) is 0 Å². The minimum absolute atomic E-state index is 0.0351. The molecule has 1 N–H and O–H groups in total. The number of rotatable bonds is 5. The number of tetrazole rings is 1. The topological polar surface area (TPSA) is 81.9 Å². The number of halogens is 1. The van der Waals surface area contributed by atoms with Crippen molar-refractivity contribution in [3.05, 3.63) is 53.6 Å². The Labute approximate surface area is 143 Å². The summed E-state index contributed by atoms with van der Waals surface area (Å²) in [6, 6.07) is 14.1. The second kappa shape index (κ2) is 7.10. The number of amides is 1. The number of carbonyl (C=O) groups excluding carboxylic acids is 1. The van der Waals surface area contributed by atoms with E-state index >= 15 is 0 Å². The summed E-state index contributed by atoms with van der Waals surface area (Å²) in [6.45, 7) is -0.0351. The van der Waals surface area contributed by atoms with E-state index in [1.807, 2.05) is 0 Å². The van der Waals surface area contributed by atoms with Crippen molar-refractivity contribution in [2.24, 2.45) is 0 Å². The maximum absolute atomic E-state index is 12.0. The summed E-state index contributed by atoms with van der Waals surface area (Å²) in [6.07, 6.45) is 0. The third-order valence-corrected chi connectivity index (χ3v) is 3.47. The summed E-state index contributed by atoms with van der Waals surface area (Å²) in [5.74, 6) is 0.905. The van der Waals surface area contributed by atoms with Crippen molar-refractivity contribution in [3.63, 3.8) is 0 Å². The molecule has 0 saturated heterocycles. The van der Waals surface area contributed by atoms with Crippen LogP contribution in [-0.4, -0.2) is 33.2 Å². The number of methoxy groups -OCH3 is 1. The summed E-state index contributed by atoms with van der Waals surface area (Å²) in [5, 5.41) is 15.4. The Kier molecular flexibility index (Phi) is 4.72. The van der Waals surface area contributed by atoms with E-state index in [2.05, 4.69) is 20.7 Å². The first kappa shape index (κ1) is 15.9. The lowest BCUT2D eigenvalue weighted by Gasteiger charge is -2.05. The molecule has 0 aliphatic carbocycles. The second-order valence-electron chi connectivity index (χ2n) is 4.93. The first-order valence-electron chi connectivity index (χ1n) is 7.12. The Bertz CT molecular complexity index is 830. The monoisotopic (exact) mass is 343 g/mol. The Morgan fingerprint density at radius 2 is 1.88 bits per heavy atom. The second-order valence-corrected chi connectivity index (χ2v) is 5.36. The fourth-order valence-electron chi connectivity index (χ4n) is 2.03. The molecule has 3 rings (SSSR count). The van der Waals surface area contributed by atoms with Gasteiger partial charge in [0.2, 0.25) is 11.7 Å². The van der Waals surface area contributed by atoms with Crippen molar-refractivity contribution in [1.29, 1.82) is 0 Å². The van der Waals surface area contributed by atoms with Gasteiger partial charge in [0.15, 0.2) is 0 Å². The number of nitrogens with zero attached hydrogens (tertiary/aromatic N) is 4. The molecule has 0 fully saturated rings. The van der Waals surface area contributed by atoms with Crippen LogP contribution >= 0.6 is 11.6 Å². The van der Waals surface area contributed by atoms with Crippen LogP contribution in [0.25, 0.3) is 11.4 Å². The number of carbonyl (C=O) groups is 1. The normalized spacial score (nSPS) is 10.4. The molecule has 0 atom stereocenters. The highest BCUT2D eigenvalue weighted by atomic mass is 35.5. The van der Waals surface area contributed by atoms with E-state index in [1.165, 1.54) is 4.80 Å². The number of benzene rings is 2. The summed E-state index contributed by atoms with van der Waals surface area (Å²) in [4.78, 5) is 13.3. The average Bonchev–Trinajstić information content (AvgIpc) is 3.04. The van der Waals surface area contributed by atoms with E-state index in [-0.39, 0.29) is 12.5 Å². The average molecular weight is 344 g/mol. The minimum Gasteiger partial charge on any atom is -0.497 e. The van der Waals surface area contributed by atoms with Gasteiger partial charge in [-0.05, 0) is 53.7 Å². The molecule has 1 amide bonds. The molecule has 0 aliphatic heterocycles. The summed E-state index contributed by atoms with van der Waals surface area (Å²) in [7, 11) is 1.59. The number of nitrogens with one attached hydrogen (secondary N) is 1. The van der Waals surface area contributed by atoms with E-state index in [1.54, 1.807) is 55.6 Å². The van der Waals surface area contributed by atoms with Crippen LogP contribution in [0.2, 0.25) is 5.02 Å². The molecule has 24 heavy (non-hydrogen) atoms. The molecular formula is C16H14ClN5O2. The number of anilines is 1.